The van der Waals surface area contributed by atoms with Crippen molar-refractivity contribution >= 4 is 11.9 Å². The van der Waals surface area contributed by atoms with E-state index < -0.39 is 36.1 Å². The number of hydrogen-bond acceptors (Lipinski definition) is 8. The number of esters is 2. The quantitative estimate of drug-likeness (QED) is 0.337. The summed E-state index contributed by atoms with van der Waals surface area (Å²) in [6.45, 7) is 1.34. The van der Waals surface area contributed by atoms with E-state index in [0.717, 1.165) is 0 Å². The Balaban J connectivity index is 3.00. The highest BCUT2D eigenvalue weighted by Gasteiger charge is 2.48. The molecule has 0 aromatic rings. The lowest BCUT2D eigenvalue weighted by atomic mass is 10.2. The van der Waals surface area contributed by atoms with E-state index in [1.54, 1.807) is 0 Å². The molecule has 1 rings (SSSR count). The molecule has 1 aliphatic rings. The maximum absolute atomic E-state index is 11.1. The average Bonchev–Trinajstić information content (AvgIpc) is 2.19. The molecule has 8 heteroatoms. The highest BCUT2D eigenvalue weighted by molar-refractivity contribution is 5.87. The van der Waals surface area contributed by atoms with E-state index in [1.807, 2.05) is 0 Å². The van der Waals surface area contributed by atoms with Gasteiger partial charge in [-0.25, -0.2) is 9.59 Å². The molecule has 1 aliphatic heterocycles. The molecule has 0 bridgehead atoms. The van der Waals surface area contributed by atoms with E-state index in [4.69, 9.17) is 21.7 Å². The van der Waals surface area contributed by atoms with E-state index in [9.17, 15) is 9.59 Å². The zero-order valence-electron chi connectivity index (χ0n) is 7.91. The molecule has 0 aliphatic carbocycles. The molecule has 86 valence electrons. The van der Waals surface area contributed by atoms with Crippen molar-refractivity contribution in [2.45, 2.75) is 31.1 Å². The molecule has 3 atom stereocenters. The molecule has 0 radical (unpaired) electrons. The predicted molar refractivity (Wildman–Crippen MR) is 44.8 cm³/mol. The van der Waals surface area contributed by atoms with Gasteiger partial charge in [-0.05, 0) is 6.92 Å². The van der Waals surface area contributed by atoms with Crippen LogP contribution in [0.4, 0.5) is 0 Å². The second kappa shape index (κ2) is 3.74. The van der Waals surface area contributed by atoms with E-state index in [-0.39, 0.29) is 0 Å². The fourth-order valence-electron chi connectivity index (χ4n) is 0.900. The Labute approximate surface area is 84.7 Å². The van der Waals surface area contributed by atoms with Gasteiger partial charge in [0.1, 0.15) is 0 Å². The van der Waals surface area contributed by atoms with Crippen molar-refractivity contribution in [3.8, 4) is 0 Å². The van der Waals surface area contributed by atoms with Crippen LogP contribution >= 0.6 is 0 Å². The number of ether oxygens (including phenoxy) is 2. The van der Waals surface area contributed by atoms with Gasteiger partial charge in [-0.1, -0.05) is 0 Å². The smallest absolute Gasteiger partial charge is 0.342 e. The topological polar surface area (TPSA) is 145 Å². The zero-order chi connectivity index (χ0) is 11.8. The Bertz CT molecular complexity index is 269. The van der Waals surface area contributed by atoms with Crippen LogP contribution in [-0.4, -0.2) is 46.3 Å². The van der Waals surface area contributed by atoms with Gasteiger partial charge in [-0.2, -0.15) is 0 Å². The lowest BCUT2D eigenvalue weighted by Crippen LogP contribution is -2.59. The molecular formula is C7H12N2O6. The highest BCUT2D eigenvalue weighted by Crippen LogP contribution is 2.18. The average molecular weight is 220 g/mol. The molecule has 0 saturated carbocycles. The fraction of sp³-hybridized carbons (Fsp3) is 0.714. The van der Waals surface area contributed by atoms with Crippen LogP contribution in [0.25, 0.3) is 0 Å². The van der Waals surface area contributed by atoms with Gasteiger partial charge in [0.25, 0.3) is 0 Å². The number of rotatable bonds is 1. The number of carbonyl (C=O) groups excluding carboxylic acids is 2. The molecule has 0 aromatic carbocycles. The molecule has 1 saturated heterocycles. The van der Waals surface area contributed by atoms with Crippen molar-refractivity contribution in [1.29, 1.82) is 0 Å². The van der Waals surface area contributed by atoms with Gasteiger partial charge in [0, 0.05) is 0 Å². The summed E-state index contributed by atoms with van der Waals surface area (Å²) in [5.41, 5.74) is 10.7. The summed E-state index contributed by atoms with van der Waals surface area (Å²) in [4.78, 5) is 22.2. The number of aliphatic hydroxyl groups is 2. The molecule has 6 N–H and O–H groups in total. The Morgan fingerprint density at radius 2 is 1.60 bits per heavy atom. The van der Waals surface area contributed by atoms with Crippen LogP contribution in [0.3, 0.4) is 0 Å². The van der Waals surface area contributed by atoms with Crippen molar-refractivity contribution in [3.05, 3.63) is 0 Å². The first-order chi connectivity index (χ1) is 6.78. The molecule has 0 spiro atoms. The van der Waals surface area contributed by atoms with Crippen molar-refractivity contribution in [3.63, 3.8) is 0 Å². The van der Waals surface area contributed by atoms with Crippen molar-refractivity contribution in [2.75, 3.05) is 0 Å². The summed E-state index contributed by atoms with van der Waals surface area (Å²) >= 11 is 0. The molecule has 0 aromatic heterocycles. The first-order valence-electron chi connectivity index (χ1n) is 4.14. The summed E-state index contributed by atoms with van der Waals surface area (Å²) in [6, 6.07) is -1.01. The van der Waals surface area contributed by atoms with E-state index in [1.165, 1.54) is 6.92 Å². The fourth-order valence-corrected chi connectivity index (χ4v) is 0.900. The molecular weight excluding hydrogens is 208 g/mol. The van der Waals surface area contributed by atoms with Crippen LogP contribution in [0, 0.1) is 0 Å². The first kappa shape index (κ1) is 11.9. The van der Waals surface area contributed by atoms with Crippen molar-refractivity contribution in [2.24, 2.45) is 11.5 Å². The molecule has 8 nitrogen and oxygen atoms in total. The summed E-state index contributed by atoms with van der Waals surface area (Å²) < 4.78 is 8.95. The Morgan fingerprint density at radius 1 is 1.27 bits per heavy atom. The highest BCUT2D eigenvalue weighted by atomic mass is 16.8. The summed E-state index contributed by atoms with van der Waals surface area (Å²) in [5.74, 6) is -4.71. The van der Waals surface area contributed by atoms with Crippen LogP contribution in [0.2, 0.25) is 0 Å². The van der Waals surface area contributed by atoms with Gasteiger partial charge in [-0.15, -0.1) is 0 Å². The van der Waals surface area contributed by atoms with Gasteiger partial charge in [0.15, 0.2) is 12.2 Å². The molecule has 1 heterocycles. The molecule has 1 fully saturated rings. The Kier molecular flexibility index (Phi) is 2.95. The van der Waals surface area contributed by atoms with Gasteiger partial charge in [0.05, 0.1) is 6.04 Å². The van der Waals surface area contributed by atoms with Crippen molar-refractivity contribution in [1.82, 2.24) is 0 Å². The van der Waals surface area contributed by atoms with Gasteiger partial charge >= 0.3 is 17.8 Å². The Hall–Kier alpha value is -1.22. The lowest BCUT2D eigenvalue weighted by molar-refractivity contribution is -0.229. The predicted octanol–water partition coefficient (Wildman–Crippen LogP) is -3.23. The van der Waals surface area contributed by atoms with Crippen LogP contribution in [0.15, 0.2) is 0 Å². The zero-order valence-corrected chi connectivity index (χ0v) is 7.91. The first-order valence-corrected chi connectivity index (χ1v) is 4.14. The van der Waals surface area contributed by atoms with Gasteiger partial charge in [-0.3, -0.25) is 5.73 Å². The minimum atomic E-state index is -2.17. The standard InChI is InChI=1S/C7H12N2O6/c1-2(8)7(9)14-5(12)3(10)4(11)6(13)15-7/h2-4,10-11H,8-9H2,1H3/t2-,3?,4?,7?/m0/s1. The normalized spacial score (nSPS) is 39.0. The largest absolute Gasteiger partial charge is 0.405 e. The monoisotopic (exact) mass is 220 g/mol. The van der Waals surface area contributed by atoms with E-state index in [2.05, 4.69) is 9.47 Å². The van der Waals surface area contributed by atoms with Gasteiger partial charge in [0.2, 0.25) is 0 Å². The second-order valence-corrected chi connectivity index (χ2v) is 3.24. The van der Waals surface area contributed by atoms with E-state index >= 15 is 0 Å². The molecule has 2 unspecified atom stereocenters. The number of hydrogen-bond donors (Lipinski definition) is 4. The summed E-state index contributed by atoms with van der Waals surface area (Å²) in [7, 11) is 0. The number of aliphatic hydroxyl groups excluding tert-OH is 2. The van der Waals surface area contributed by atoms with Crippen LogP contribution in [-0.2, 0) is 19.1 Å². The SMILES string of the molecule is C[C@H](N)C1(N)OC(=O)C(O)C(O)C(=O)O1. The third-order valence-electron chi connectivity index (χ3n) is 1.94. The third-order valence-corrected chi connectivity index (χ3v) is 1.94. The van der Waals surface area contributed by atoms with Gasteiger partial charge < -0.3 is 25.4 Å². The number of carbonyl (C=O) groups is 2. The summed E-state index contributed by atoms with van der Waals surface area (Å²) in [5, 5.41) is 18.2. The minimum Gasteiger partial charge on any atom is -0.405 e. The van der Waals surface area contributed by atoms with Crippen molar-refractivity contribution < 1.29 is 29.3 Å². The molecule has 15 heavy (non-hydrogen) atoms. The minimum absolute atomic E-state index is 1.01. The van der Waals surface area contributed by atoms with E-state index in [0.29, 0.717) is 0 Å². The van der Waals surface area contributed by atoms with Crippen LogP contribution in [0.5, 0.6) is 0 Å². The van der Waals surface area contributed by atoms with Crippen LogP contribution in [0.1, 0.15) is 6.92 Å². The lowest BCUT2D eigenvalue weighted by Gasteiger charge is -2.29. The maximum atomic E-state index is 11.1. The summed E-state index contributed by atoms with van der Waals surface area (Å²) in [6.07, 6.45) is -4.05. The Morgan fingerprint density at radius 3 is 1.87 bits per heavy atom. The van der Waals surface area contributed by atoms with Crippen LogP contribution < -0.4 is 11.5 Å². The second-order valence-electron chi connectivity index (χ2n) is 3.24. The maximum Gasteiger partial charge on any atom is 0.342 e. The number of cyclic esters (lactones) is 2. The molecule has 0 amide bonds. The third kappa shape index (κ3) is 2.07. The number of nitrogens with two attached hydrogens (primary N) is 2.